The van der Waals surface area contributed by atoms with Crippen molar-refractivity contribution >= 4 is 11.9 Å². The number of anilines is 2. The van der Waals surface area contributed by atoms with Crippen LogP contribution in [-0.2, 0) is 4.74 Å². The number of hydrogen-bond acceptors (Lipinski definition) is 7. The van der Waals surface area contributed by atoms with Crippen molar-refractivity contribution in [3.63, 3.8) is 0 Å². The number of hydrogen-bond donors (Lipinski definition) is 2. The highest BCUT2D eigenvalue weighted by Gasteiger charge is 2.30. The van der Waals surface area contributed by atoms with Crippen LogP contribution in [0.15, 0.2) is 0 Å². The minimum atomic E-state index is -0.129. The Hall–Kier alpha value is -1.63. The van der Waals surface area contributed by atoms with E-state index in [9.17, 15) is 0 Å². The van der Waals surface area contributed by atoms with Gasteiger partial charge in [0.05, 0.1) is 19.3 Å². The molecule has 0 spiro atoms. The maximum absolute atomic E-state index is 5.39. The molecule has 1 atom stereocenters. The number of ether oxygens (including phenoxy) is 2. The first kappa shape index (κ1) is 12.8. The molecule has 0 radical (unpaired) electrons. The van der Waals surface area contributed by atoms with Crippen molar-refractivity contribution in [1.29, 1.82) is 0 Å². The average Bonchev–Trinajstić information content (AvgIpc) is 2.75. The number of rotatable bonds is 5. The van der Waals surface area contributed by atoms with Gasteiger partial charge < -0.3 is 20.1 Å². The molecule has 1 aromatic heterocycles. The first-order valence-corrected chi connectivity index (χ1v) is 6.05. The molecule has 0 bridgehead atoms. The number of nitrogens with one attached hydrogen (secondary N) is 2. The van der Waals surface area contributed by atoms with Crippen molar-refractivity contribution in [3.05, 3.63) is 0 Å². The van der Waals surface area contributed by atoms with Crippen LogP contribution < -0.4 is 15.4 Å². The fourth-order valence-electron chi connectivity index (χ4n) is 1.78. The van der Waals surface area contributed by atoms with Crippen molar-refractivity contribution < 1.29 is 9.47 Å². The van der Waals surface area contributed by atoms with Crippen LogP contribution in [0.3, 0.4) is 0 Å². The van der Waals surface area contributed by atoms with Gasteiger partial charge in [0.15, 0.2) is 0 Å². The van der Waals surface area contributed by atoms with Crippen LogP contribution in [-0.4, -0.2) is 47.4 Å². The Morgan fingerprint density at radius 1 is 1.33 bits per heavy atom. The second-order valence-corrected chi connectivity index (χ2v) is 4.49. The van der Waals surface area contributed by atoms with E-state index in [1.807, 2.05) is 6.92 Å². The molecular weight excluding hydrogens is 234 g/mol. The van der Waals surface area contributed by atoms with E-state index in [4.69, 9.17) is 9.47 Å². The summed E-state index contributed by atoms with van der Waals surface area (Å²) in [5, 5.41) is 6.33. The summed E-state index contributed by atoms with van der Waals surface area (Å²) in [6, 6.07) is 0.297. The lowest BCUT2D eigenvalue weighted by molar-refractivity contribution is 0.185. The van der Waals surface area contributed by atoms with E-state index in [1.165, 1.54) is 7.11 Å². The molecule has 100 valence electrons. The molecule has 7 heteroatoms. The second kappa shape index (κ2) is 5.34. The molecule has 1 aromatic rings. The van der Waals surface area contributed by atoms with Crippen LogP contribution in [0.25, 0.3) is 0 Å². The summed E-state index contributed by atoms with van der Waals surface area (Å²) < 4.78 is 10.5. The van der Waals surface area contributed by atoms with E-state index < -0.39 is 0 Å². The summed E-state index contributed by atoms with van der Waals surface area (Å²) in [7, 11) is 1.54. The Labute approximate surface area is 106 Å². The quantitative estimate of drug-likeness (QED) is 0.807. The lowest BCUT2D eigenvalue weighted by Gasteiger charge is -2.23. The van der Waals surface area contributed by atoms with E-state index in [1.54, 1.807) is 0 Å². The van der Waals surface area contributed by atoms with E-state index >= 15 is 0 Å². The van der Waals surface area contributed by atoms with Gasteiger partial charge in [-0.25, -0.2) is 0 Å². The standard InChI is InChI=1S/C11H19N5O2/c1-4-12-8-13-9(15-10(14-8)17-3)16-11(2)5-6-18-7-11/h4-7H2,1-3H3,(H2,12,13,14,15,16). The highest BCUT2D eigenvalue weighted by Crippen LogP contribution is 2.23. The van der Waals surface area contributed by atoms with E-state index in [0.29, 0.717) is 24.5 Å². The molecule has 0 aliphatic carbocycles. The molecule has 2 heterocycles. The number of methoxy groups -OCH3 is 1. The predicted octanol–water partition coefficient (Wildman–Crippen LogP) is 0.903. The van der Waals surface area contributed by atoms with Crippen LogP contribution >= 0.6 is 0 Å². The molecule has 7 nitrogen and oxygen atoms in total. The van der Waals surface area contributed by atoms with E-state index in [2.05, 4.69) is 32.5 Å². The zero-order valence-corrected chi connectivity index (χ0v) is 11.0. The summed E-state index contributed by atoms with van der Waals surface area (Å²) in [6.07, 6.45) is 0.928. The van der Waals surface area contributed by atoms with Gasteiger partial charge in [-0.05, 0) is 20.3 Å². The lowest BCUT2D eigenvalue weighted by atomic mass is 10.0. The Morgan fingerprint density at radius 3 is 2.72 bits per heavy atom. The second-order valence-electron chi connectivity index (χ2n) is 4.49. The first-order valence-electron chi connectivity index (χ1n) is 6.05. The summed E-state index contributed by atoms with van der Waals surface area (Å²) in [4.78, 5) is 12.6. The van der Waals surface area contributed by atoms with Gasteiger partial charge in [-0.15, -0.1) is 0 Å². The van der Waals surface area contributed by atoms with Gasteiger partial charge in [0.25, 0.3) is 0 Å². The molecule has 1 aliphatic heterocycles. The molecule has 1 unspecified atom stereocenters. The highest BCUT2D eigenvalue weighted by atomic mass is 16.5. The molecule has 0 aromatic carbocycles. The summed E-state index contributed by atoms with van der Waals surface area (Å²) >= 11 is 0. The van der Waals surface area contributed by atoms with Crippen molar-refractivity contribution in [1.82, 2.24) is 15.0 Å². The third-order valence-electron chi connectivity index (χ3n) is 2.76. The maximum atomic E-state index is 5.39. The molecular formula is C11H19N5O2. The van der Waals surface area contributed by atoms with Gasteiger partial charge in [-0.3, -0.25) is 0 Å². The smallest absolute Gasteiger partial charge is 0.322 e. The Balaban J connectivity index is 2.17. The van der Waals surface area contributed by atoms with Crippen LogP contribution in [0.2, 0.25) is 0 Å². The largest absolute Gasteiger partial charge is 0.467 e. The monoisotopic (exact) mass is 253 g/mol. The Morgan fingerprint density at radius 2 is 2.11 bits per heavy atom. The average molecular weight is 253 g/mol. The van der Waals surface area contributed by atoms with Gasteiger partial charge in [0.1, 0.15) is 0 Å². The fraction of sp³-hybridized carbons (Fsp3) is 0.727. The van der Waals surface area contributed by atoms with Gasteiger partial charge in [0, 0.05) is 13.2 Å². The van der Waals surface area contributed by atoms with Crippen molar-refractivity contribution in [2.45, 2.75) is 25.8 Å². The molecule has 1 aliphatic rings. The Bertz CT molecular complexity index is 406. The summed E-state index contributed by atoms with van der Waals surface area (Å²) in [5.74, 6) is 1.01. The zero-order valence-electron chi connectivity index (χ0n) is 11.0. The lowest BCUT2D eigenvalue weighted by Crippen LogP contribution is -2.36. The molecule has 2 N–H and O–H groups in total. The van der Waals surface area contributed by atoms with Gasteiger partial charge >= 0.3 is 6.01 Å². The molecule has 0 saturated carbocycles. The topological polar surface area (TPSA) is 81.2 Å². The van der Waals surface area contributed by atoms with Crippen molar-refractivity contribution in [2.24, 2.45) is 0 Å². The predicted molar refractivity (Wildman–Crippen MR) is 68.0 cm³/mol. The van der Waals surface area contributed by atoms with Crippen LogP contribution in [0, 0.1) is 0 Å². The molecule has 18 heavy (non-hydrogen) atoms. The Kier molecular flexibility index (Phi) is 3.81. The highest BCUT2D eigenvalue weighted by molar-refractivity contribution is 5.38. The van der Waals surface area contributed by atoms with E-state index in [-0.39, 0.29) is 5.54 Å². The first-order chi connectivity index (χ1) is 8.65. The summed E-state index contributed by atoms with van der Waals surface area (Å²) in [6.45, 7) is 6.22. The van der Waals surface area contributed by atoms with E-state index in [0.717, 1.165) is 19.6 Å². The minimum Gasteiger partial charge on any atom is -0.467 e. The van der Waals surface area contributed by atoms with Gasteiger partial charge in [-0.2, -0.15) is 15.0 Å². The van der Waals surface area contributed by atoms with Crippen LogP contribution in [0.4, 0.5) is 11.9 Å². The van der Waals surface area contributed by atoms with Crippen molar-refractivity contribution in [2.75, 3.05) is 37.5 Å². The molecule has 1 fully saturated rings. The third kappa shape index (κ3) is 2.98. The molecule has 0 amide bonds. The number of nitrogens with zero attached hydrogens (tertiary/aromatic N) is 3. The summed E-state index contributed by atoms with van der Waals surface area (Å²) in [5.41, 5.74) is -0.129. The number of aromatic nitrogens is 3. The van der Waals surface area contributed by atoms with Crippen molar-refractivity contribution in [3.8, 4) is 6.01 Å². The van der Waals surface area contributed by atoms with Gasteiger partial charge in [0.2, 0.25) is 11.9 Å². The third-order valence-corrected chi connectivity index (χ3v) is 2.76. The SMILES string of the molecule is CCNc1nc(NC2(C)CCOC2)nc(OC)n1. The molecule has 2 rings (SSSR count). The van der Waals surface area contributed by atoms with Gasteiger partial charge in [-0.1, -0.05) is 0 Å². The normalized spacial score (nSPS) is 22.8. The molecule has 1 saturated heterocycles. The fourth-order valence-corrected chi connectivity index (χ4v) is 1.78. The zero-order chi connectivity index (χ0) is 13.0. The minimum absolute atomic E-state index is 0.129. The van der Waals surface area contributed by atoms with Crippen LogP contribution in [0.5, 0.6) is 6.01 Å². The maximum Gasteiger partial charge on any atom is 0.322 e. The van der Waals surface area contributed by atoms with Crippen LogP contribution in [0.1, 0.15) is 20.3 Å².